The highest BCUT2D eigenvalue weighted by Gasteiger charge is 2.28. The molecule has 0 aliphatic carbocycles. The molecule has 0 N–H and O–H groups in total. The molecule has 0 amide bonds. The van der Waals surface area contributed by atoms with Crippen LogP contribution < -0.4 is 0 Å². The summed E-state index contributed by atoms with van der Waals surface area (Å²) < 4.78 is 2.27. The molecule has 1 saturated heterocycles. The van der Waals surface area contributed by atoms with E-state index in [0.29, 0.717) is 5.92 Å². The minimum absolute atomic E-state index is 0.492. The van der Waals surface area contributed by atoms with Crippen LogP contribution in [0.15, 0.2) is 42.9 Å². The highest BCUT2D eigenvalue weighted by Crippen LogP contribution is 2.29. The van der Waals surface area contributed by atoms with Gasteiger partial charge in [-0.25, -0.2) is 9.97 Å². The van der Waals surface area contributed by atoms with E-state index >= 15 is 0 Å². The average molecular weight is 307 g/mol. The third-order valence-corrected chi connectivity index (χ3v) is 4.64. The van der Waals surface area contributed by atoms with Crippen LogP contribution >= 0.6 is 0 Å². The Bertz CT molecular complexity index is 796. The van der Waals surface area contributed by atoms with Gasteiger partial charge in [-0.2, -0.15) is 0 Å². The van der Waals surface area contributed by atoms with Crippen LogP contribution in [0, 0.1) is 0 Å². The molecule has 0 saturated carbocycles. The number of pyridine rings is 2. The number of likely N-dealkylation sites (tertiary alicyclic amines) is 1. The van der Waals surface area contributed by atoms with Gasteiger partial charge >= 0.3 is 0 Å². The summed E-state index contributed by atoms with van der Waals surface area (Å²) in [4.78, 5) is 16.0. The summed E-state index contributed by atoms with van der Waals surface area (Å²) in [6.07, 6.45) is 6.74. The van der Waals surface area contributed by atoms with E-state index < -0.39 is 0 Å². The molecule has 1 aliphatic rings. The van der Waals surface area contributed by atoms with Gasteiger partial charge < -0.3 is 4.57 Å². The van der Waals surface area contributed by atoms with E-state index in [1.54, 1.807) is 0 Å². The van der Waals surface area contributed by atoms with Crippen LogP contribution in [0.1, 0.15) is 30.7 Å². The summed E-state index contributed by atoms with van der Waals surface area (Å²) in [5.41, 5.74) is 3.35. The summed E-state index contributed by atoms with van der Waals surface area (Å²) in [5, 5.41) is 0. The molecule has 5 nitrogen and oxygen atoms in total. The molecule has 1 atom stereocenters. The Morgan fingerprint density at radius 3 is 2.87 bits per heavy atom. The lowest BCUT2D eigenvalue weighted by Crippen LogP contribution is -2.20. The summed E-state index contributed by atoms with van der Waals surface area (Å²) >= 11 is 0. The third-order valence-electron chi connectivity index (χ3n) is 4.64. The number of aryl methyl sites for hydroxylation is 1. The number of rotatable bonds is 4. The van der Waals surface area contributed by atoms with E-state index in [0.717, 1.165) is 43.8 Å². The predicted octanol–water partition coefficient (Wildman–Crippen LogP) is 2.84. The molecule has 0 bridgehead atoms. The van der Waals surface area contributed by atoms with Crippen LogP contribution in [0.5, 0.6) is 0 Å². The molecule has 1 fully saturated rings. The number of fused-ring (bicyclic) bond motifs is 1. The Kier molecular flexibility index (Phi) is 3.79. The lowest BCUT2D eigenvalue weighted by molar-refractivity contribution is 0.325. The van der Waals surface area contributed by atoms with Crippen molar-refractivity contribution in [2.24, 2.45) is 0 Å². The van der Waals surface area contributed by atoms with Crippen molar-refractivity contribution in [3.8, 4) is 0 Å². The van der Waals surface area contributed by atoms with Gasteiger partial charge in [-0.15, -0.1) is 0 Å². The van der Waals surface area contributed by atoms with Gasteiger partial charge in [-0.1, -0.05) is 0 Å². The average Bonchev–Trinajstić information content (AvgIpc) is 3.19. The third kappa shape index (κ3) is 2.72. The van der Waals surface area contributed by atoms with Gasteiger partial charge in [0.05, 0.1) is 0 Å². The number of imidazole rings is 1. The standard InChI is InChI=1S/C18H21N5/c1-2-23-17(21-16-4-3-8-20-18(16)23)15-7-11-22(13-15)12-14-5-9-19-10-6-14/h3-6,8-10,15H,2,7,11-13H2,1H3. The number of aromatic nitrogens is 4. The van der Waals surface area contributed by atoms with Crippen molar-refractivity contribution < 1.29 is 0 Å². The Balaban J connectivity index is 1.56. The maximum absolute atomic E-state index is 4.87. The summed E-state index contributed by atoms with van der Waals surface area (Å²) in [6, 6.07) is 8.21. The molecular weight excluding hydrogens is 286 g/mol. The minimum atomic E-state index is 0.492. The second-order valence-electron chi connectivity index (χ2n) is 6.14. The van der Waals surface area contributed by atoms with Crippen LogP contribution in [-0.4, -0.2) is 37.5 Å². The number of nitrogens with zero attached hydrogens (tertiary/aromatic N) is 5. The fourth-order valence-electron chi connectivity index (χ4n) is 3.53. The van der Waals surface area contributed by atoms with Gasteiger partial charge in [0.25, 0.3) is 0 Å². The van der Waals surface area contributed by atoms with Gasteiger partial charge in [0.15, 0.2) is 5.65 Å². The van der Waals surface area contributed by atoms with Crippen LogP contribution in [0.25, 0.3) is 11.2 Å². The van der Waals surface area contributed by atoms with Crippen molar-refractivity contribution in [2.75, 3.05) is 13.1 Å². The van der Waals surface area contributed by atoms with Crippen LogP contribution in [-0.2, 0) is 13.1 Å². The lowest BCUT2D eigenvalue weighted by atomic mass is 10.1. The van der Waals surface area contributed by atoms with E-state index in [1.165, 1.54) is 11.4 Å². The molecule has 0 aromatic carbocycles. The lowest BCUT2D eigenvalue weighted by Gasteiger charge is -2.16. The smallest absolute Gasteiger partial charge is 0.159 e. The van der Waals surface area contributed by atoms with E-state index in [1.807, 2.05) is 24.7 Å². The molecule has 23 heavy (non-hydrogen) atoms. The number of hydrogen-bond donors (Lipinski definition) is 0. The molecule has 3 aromatic heterocycles. The van der Waals surface area contributed by atoms with Crippen molar-refractivity contribution in [1.29, 1.82) is 0 Å². The highest BCUT2D eigenvalue weighted by atomic mass is 15.2. The predicted molar refractivity (Wildman–Crippen MR) is 90.1 cm³/mol. The van der Waals surface area contributed by atoms with Crippen molar-refractivity contribution >= 4 is 11.2 Å². The zero-order valence-electron chi connectivity index (χ0n) is 13.4. The van der Waals surface area contributed by atoms with E-state index in [-0.39, 0.29) is 0 Å². The summed E-state index contributed by atoms with van der Waals surface area (Å²) in [5.74, 6) is 1.68. The van der Waals surface area contributed by atoms with Gasteiger partial charge in [0, 0.05) is 44.1 Å². The van der Waals surface area contributed by atoms with Gasteiger partial charge in [-0.3, -0.25) is 9.88 Å². The summed E-state index contributed by atoms with van der Waals surface area (Å²) in [7, 11) is 0. The van der Waals surface area contributed by atoms with Gasteiger partial charge in [0.2, 0.25) is 0 Å². The summed E-state index contributed by atoms with van der Waals surface area (Å²) in [6.45, 7) is 6.26. The fraction of sp³-hybridized carbons (Fsp3) is 0.389. The molecule has 0 radical (unpaired) electrons. The van der Waals surface area contributed by atoms with E-state index in [2.05, 4.69) is 44.6 Å². The SMILES string of the molecule is CCn1c(C2CCN(Cc3ccncc3)C2)nc2cccnc21. The van der Waals surface area contributed by atoms with E-state index in [9.17, 15) is 0 Å². The molecular formula is C18H21N5. The largest absolute Gasteiger partial charge is 0.313 e. The van der Waals surface area contributed by atoms with Crippen LogP contribution in [0.2, 0.25) is 0 Å². The van der Waals surface area contributed by atoms with Gasteiger partial charge in [-0.05, 0) is 49.7 Å². The Labute approximate surface area is 136 Å². The second kappa shape index (κ2) is 6.08. The maximum Gasteiger partial charge on any atom is 0.159 e. The topological polar surface area (TPSA) is 46.8 Å². The normalized spacial score (nSPS) is 18.7. The van der Waals surface area contributed by atoms with Crippen LogP contribution in [0.4, 0.5) is 0 Å². The van der Waals surface area contributed by atoms with Crippen molar-refractivity contribution in [2.45, 2.75) is 32.4 Å². The first-order chi connectivity index (χ1) is 11.3. The molecule has 1 aliphatic heterocycles. The zero-order valence-corrected chi connectivity index (χ0v) is 13.4. The van der Waals surface area contributed by atoms with Gasteiger partial charge in [0.1, 0.15) is 11.3 Å². The zero-order chi connectivity index (χ0) is 15.6. The van der Waals surface area contributed by atoms with Crippen molar-refractivity contribution in [3.05, 3.63) is 54.2 Å². The van der Waals surface area contributed by atoms with Crippen molar-refractivity contribution in [1.82, 2.24) is 24.4 Å². The molecule has 118 valence electrons. The first kappa shape index (κ1) is 14.3. The Morgan fingerprint density at radius 1 is 1.17 bits per heavy atom. The first-order valence-electron chi connectivity index (χ1n) is 8.27. The molecule has 0 spiro atoms. The monoisotopic (exact) mass is 307 g/mol. The highest BCUT2D eigenvalue weighted by molar-refractivity contribution is 5.71. The molecule has 4 heterocycles. The fourth-order valence-corrected chi connectivity index (χ4v) is 3.53. The molecule has 1 unspecified atom stereocenters. The van der Waals surface area contributed by atoms with E-state index in [4.69, 9.17) is 4.98 Å². The van der Waals surface area contributed by atoms with Crippen LogP contribution in [0.3, 0.4) is 0 Å². The molecule has 5 heteroatoms. The first-order valence-corrected chi connectivity index (χ1v) is 8.27. The Morgan fingerprint density at radius 2 is 2.04 bits per heavy atom. The minimum Gasteiger partial charge on any atom is -0.313 e. The van der Waals surface area contributed by atoms with Crippen molar-refractivity contribution in [3.63, 3.8) is 0 Å². The Hall–Kier alpha value is -2.27. The maximum atomic E-state index is 4.87. The molecule has 3 aromatic rings. The second-order valence-corrected chi connectivity index (χ2v) is 6.14. The number of hydrogen-bond acceptors (Lipinski definition) is 4. The molecule has 4 rings (SSSR count). The quantitative estimate of drug-likeness (QED) is 0.743.